The highest BCUT2D eigenvalue weighted by Gasteiger charge is 1.99. The number of benzene rings is 1. The molecule has 1 aromatic heterocycles. The van der Waals surface area contributed by atoms with Crippen LogP contribution in [-0.2, 0) is 0 Å². The van der Waals surface area contributed by atoms with Gasteiger partial charge in [-0.2, -0.15) is 0 Å². The Balaban J connectivity index is 1.87. The first-order valence-electron chi connectivity index (χ1n) is 6.06. The maximum Gasteiger partial charge on any atom is 0.324 e. The van der Waals surface area contributed by atoms with Crippen LogP contribution in [0.5, 0.6) is 0 Å². The molecule has 2 rings (SSSR count). The summed E-state index contributed by atoms with van der Waals surface area (Å²) >= 11 is 3.37. The van der Waals surface area contributed by atoms with Gasteiger partial charge in [-0.3, -0.25) is 5.32 Å². The molecule has 2 N–H and O–H groups in total. The fourth-order valence-electron chi connectivity index (χ4n) is 1.54. The van der Waals surface area contributed by atoms with Crippen LogP contribution in [0.15, 0.2) is 53.3 Å². The van der Waals surface area contributed by atoms with Gasteiger partial charge < -0.3 is 5.32 Å². The lowest BCUT2D eigenvalue weighted by Crippen LogP contribution is -2.24. The monoisotopic (exact) mass is 331 g/mol. The summed E-state index contributed by atoms with van der Waals surface area (Å²) in [5, 5.41) is 5.29. The van der Waals surface area contributed by atoms with E-state index in [9.17, 15) is 4.79 Å². The highest BCUT2D eigenvalue weighted by Crippen LogP contribution is 2.11. The molecule has 2 amide bonds. The Hall–Kier alpha value is -2.14. The molecule has 0 atom stereocenters. The number of aromatic nitrogens is 1. The number of carbonyl (C=O) groups excluding carboxylic acids is 1. The number of anilines is 1. The van der Waals surface area contributed by atoms with Gasteiger partial charge >= 0.3 is 6.03 Å². The van der Waals surface area contributed by atoms with Gasteiger partial charge in [0, 0.05) is 16.9 Å². The molecule has 1 aromatic carbocycles. The van der Waals surface area contributed by atoms with Crippen molar-refractivity contribution in [2.75, 3.05) is 5.32 Å². The van der Waals surface area contributed by atoms with E-state index in [0.717, 1.165) is 15.6 Å². The molecule has 0 saturated carbocycles. The molecule has 0 unspecified atom stereocenters. The van der Waals surface area contributed by atoms with E-state index in [0.29, 0.717) is 5.82 Å². The van der Waals surface area contributed by atoms with E-state index in [-0.39, 0.29) is 6.03 Å². The van der Waals surface area contributed by atoms with Gasteiger partial charge in [0.25, 0.3) is 0 Å². The lowest BCUT2D eigenvalue weighted by molar-refractivity contribution is 0.255. The standard InChI is InChI=1S/C15H14BrN3O/c1-11-6-8-17-14(10-11)19-15(20)18-9-7-12-2-4-13(16)5-3-12/h2-10H,1H3,(H2,17,18,19,20)/b9-7+. The zero-order chi connectivity index (χ0) is 14.4. The molecule has 0 bridgehead atoms. The lowest BCUT2D eigenvalue weighted by atomic mass is 10.2. The lowest BCUT2D eigenvalue weighted by Gasteiger charge is -2.04. The van der Waals surface area contributed by atoms with Crippen LogP contribution in [0.2, 0.25) is 0 Å². The number of nitrogens with one attached hydrogen (secondary N) is 2. The number of amides is 2. The summed E-state index contributed by atoms with van der Waals surface area (Å²) in [5.41, 5.74) is 2.04. The molecule has 2 aromatic rings. The number of nitrogens with zero attached hydrogens (tertiary/aromatic N) is 1. The molecule has 0 aliphatic heterocycles. The van der Waals surface area contributed by atoms with Crippen molar-refractivity contribution in [3.8, 4) is 0 Å². The van der Waals surface area contributed by atoms with Gasteiger partial charge in [0.1, 0.15) is 5.82 Å². The minimum atomic E-state index is -0.323. The first-order valence-corrected chi connectivity index (χ1v) is 6.85. The number of hydrogen-bond donors (Lipinski definition) is 2. The molecule has 0 aliphatic carbocycles. The third-order valence-corrected chi connectivity index (χ3v) is 3.05. The van der Waals surface area contributed by atoms with Gasteiger partial charge in [0.05, 0.1) is 0 Å². The zero-order valence-corrected chi connectivity index (χ0v) is 12.5. The first kappa shape index (κ1) is 14.3. The minimum absolute atomic E-state index is 0.323. The highest BCUT2D eigenvalue weighted by molar-refractivity contribution is 9.10. The van der Waals surface area contributed by atoms with Crippen molar-refractivity contribution in [2.24, 2.45) is 0 Å². The summed E-state index contributed by atoms with van der Waals surface area (Å²) in [4.78, 5) is 15.7. The molecule has 0 fully saturated rings. The predicted molar refractivity (Wildman–Crippen MR) is 84.3 cm³/mol. The van der Waals surface area contributed by atoms with E-state index in [1.807, 2.05) is 43.3 Å². The number of pyridine rings is 1. The molecule has 5 heteroatoms. The van der Waals surface area contributed by atoms with Crippen molar-refractivity contribution in [3.63, 3.8) is 0 Å². The van der Waals surface area contributed by atoms with Crippen molar-refractivity contribution in [1.29, 1.82) is 0 Å². The summed E-state index contributed by atoms with van der Waals surface area (Å²) < 4.78 is 1.02. The fraction of sp³-hybridized carbons (Fsp3) is 0.0667. The number of hydrogen-bond acceptors (Lipinski definition) is 2. The predicted octanol–water partition coefficient (Wildman–Crippen LogP) is 3.94. The van der Waals surface area contributed by atoms with Crippen molar-refractivity contribution < 1.29 is 4.79 Å². The number of halogens is 1. The number of urea groups is 1. The average molecular weight is 332 g/mol. The van der Waals surface area contributed by atoms with Crippen LogP contribution in [0.25, 0.3) is 6.08 Å². The Morgan fingerprint density at radius 2 is 2.00 bits per heavy atom. The van der Waals surface area contributed by atoms with E-state index < -0.39 is 0 Å². The second-order valence-electron chi connectivity index (χ2n) is 4.20. The van der Waals surface area contributed by atoms with E-state index in [1.165, 1.54) is 0 Å². The van der Waals surface area contributed by atoms with E-state index in [2.05, 4.69) is 31.5 Å². The smallest absolute Gasteiger partial charge is 0.314 e. The molecular weight excluding hydrogens is 318 g/mol. The SMILES string of the molecule is Cc1ccnc(NC(=O)N/C=C/c2ccc(Br)cc2)c1. The topological polar surface area (TPSA) is 54.0 Å². The van der Waals surface area contributed by atoms with Crippen molar-refractivity contribution in [2.45, 2.75) is 6.92 Å². The normalized spacial score (nSPS) is 10.5. The van der Waals surface area contributed by atoms with Crippen LogP contribution < -0.4 is 10.6 Å². The highest BCUT2D eigenvalue weighted by atomic mass is 79.9. The summed E-state index contributed by atoms with van der Waals surface area (Å²) in [7, 11) is 0. The summed E-state index contributed by atoms with van der Waals surface area (Å²) in [5.74, 6) is 0.527. The number of carbonyl (C=O) groups is 1. The minimum Gasteiger partial charge on any atom is -0.314 e. The van der Waals surface area contributed by atoms with E-state index in [4.69, 9.17) is 0 Å². The Bertz CT molecular complexity index is 623. The maximum atomic E-state index is 11.6. The van der Waals surface area contributed by atoms with Crippen LogP contribution >= 0.6 is 15.9 Å². The largest absolute Gasteiger partial charge is 0.324 e. The van der Waals surface area contributed by atoms with Gasteiger partial charge in [0.2, 0.25) is 0 Å². The van der Waals surface area contributed by atoms with Gasteiger partial charge in [-0.25, -0.2) is 9.78 Å². The number of aryl methyl sites for hydroxylation is 1. The van der Waals surface area contributed by atoms with Gasteiger partial charge in [0.15, 0.2) is 0 Å². The third-order valence-electron chi connectivity index (χ3n) is 2.52. The molecule has 20 heavy (non-hydrogen) atoms. The molecule has 0 spiro atoms. The summed E-state index contributed by atoms with van der Waals surface area (Å²) in [6.45, 7) is 1.94. The zero-order valence-electron chi connectivity index (χ0n) is 10.9. The Kier molecular flexibility index (Phi) is 4.90. The average Bonchev–Trinajstić information content (AvgIpc) is 2.41. The molecule has 102 valence electrons. The molecule has 1 heterocycles. The van der Waals surface area contributed by atoms with Crippen LogP contribution in [0.3, 0.4) is 0 Å². The Labute approximate surface area is 126 Å². The second-order valence-corrected chi connectivity index (χ2v) is 5.12. The number of rotatable bonds is 3. The molecule has 4 nitrogen and oxygen atoms in total. The van der Waals surface area contributed by atoms with Gasteiger partial charge in [-0.15, -0.1) is 0 Å². The third kappa shape index (κ3) is 4.51. The molecule has 0 aliphatic rings. The summed E-state index contributed by atoms with van der Waals surface area (Å²) in [6, 6.07) is 11.1. The quantitative estimate of drug-likeness (QED) is 0.894. The van der Waals surface area contributed by atoms with E-state index in [1.54, 1.807) is 18.5 Å². The van der Waals surface area contributed by atoms with Crippen LogP contribution in [0.4, 0.5) is 10.6 Å². The van der Waals surface area contributed by atoms with E-state index >= 15 is 0 Å². The molecule has 0 saturated heterocycles. The Morgan fingerprint density at radius 1 is 1.25 bits per heavy atom. The Morgan fingerprint density at radius 3 is 2.70 bits per heavy atom. The first-order chi connectivity index (χ1) is 9.63. The van der Waals surface area contributed by atoms with Gasteiger partial charge in [-0.05, 0) is 48.4 Å². The van der Waals surface area contributed by atoms with Crippen LogP contribution in [-0.4, -0.2) is 11.0 Å². The fourth-order valence-corrected chi connectivity index (χ4v) is 1.81. The van der Waals surface area contributed by atoms with Crippen molar-refractivity contribution in [1.82, 2.24) is 10.3 Å². The second kappa shape index (κ2) is 6.86. The maximum absolute atomic E-state index is 11.6. The van der Waals surface area contributed by atoms with Gasteiger partial charge in [-0.1, -0.05) is 28.1 Å². The summed E-state index contributed by atoms with van der Waals surface area (Å²) in [6.07, 6.45) is 5.06. The van der Waals surface area contributed by atoms with Crippen LogP contribution in [0, 0.1) is 6.92 Å². The van der Waals surface area contributed by atoms with Crippen molar-refractivity contribution in [3.05, 3.63) is 64.4 Å². The molecular formula is C15H14BrN3O. The van der Waals surface area contributed by atoms with Crippen LogP contribution in [0.1, 0.15) is 11.1 Å². The molecule has 0 radical (unpaired) electrons. The van der Waals surface area contributed by atoms with Crippen molar-refractivity contribution >= 4 is 33.9 Å².